The van der Waals surface area contributed by atoms with Crippen molar-refractivity contribution < 1.29 is 18.7 Å². The van der Waals surface area contributed by atoms with E-state index >= 15 is 0 Å². The Morgan fingerprint density at radius 1 is 1.05 bits per heavy atom. The summed E-state index contributed by atoms with van der Waals surface area (Å²) < 4.78 is 22.0. The van der Waals surface area contributed by atoms with Gasteiger partial charge < -0.3 is 13.8 Å². The third-order valence-corrected chi connectivity index (χ3v) is 8.01. The predicted octanol–water partition coefficient (Wildman–Crippen LogP) is 7.45. The number of benzene rings is 3. The second-order valence-electron chi connectivity index (χ2n) is 9.57. The number of carboxylic acids is 1. The van der Waals surface area contributed by atoms with E-state index in [1.807, 2.05) is 39.2 Å². The Labute approximate surface area is 220 Å². The number of rotatable bonds is 6. The van der Waals surface area contributed by atoms with Gasteiger partial charge in [0.15, 0.2) is 11.7 Å². The Morgan fingerprint density at radius 3 is 2.35 bits per heavy atom. The summed E-state index contributed by atoms with van der Waals surface area (Å²) in [6, 6.07) is 14.5. The highest BCUT2D eigenvalue weighted by atomic mass is 32.2. The molecule has 5 rings (SSSR count). The molecule has 1 atom stereocenters. The average Bonchev–Trinajstić information content (AvgIpc) is 3.28. The summed E-state index contributed by atoms with van der Waals surface area (Å²) in [6.45, 7) is 8.17. The molecule has 0 unspecified atom stereocenters. The molecule has 0 saturated carbocycles. The van der Waals surface area contributed by atoms with Crippen LogP contribution >= 0.6 is 11.9 Å². The minimum atomic E-state index is -0.862. The van der Waals surface area contributed by atoms with Gasteiger partial charge >= 0.3 is 5.97 Å². The lowest BCUT2D eigenvalue weighted by Gasteiger charge is -2.37. The van der Waals surface area contributed by atoms with Gasteiger partial charge in [-0.15, -0.1) is 0 Å². The smallest absolute Gasteiger partial charge is 0.307 e. The topological polar surface area (TPSA) is 66.6 Å². The number of hydrogen-bond acceptors (Lipinski definition) is 5. The predicted molar refractivity (Wildman–Crippen MR) is 147 cm³/mol. The van der Waals surface area contributed by atoms with E-state index in [0.717, 1.165) is 61.6 Å². The molecule has 4 aromatic rings. The van der Waals surface area contributed by atoms with Crippen LogP contribution in [0.5, 0.6) is 0 Å². The first-order valence-electron chi connectivity index (χ1n) is 12.2. The molecule has 3 aromatic carbocycles. The molecule has 0 fully saturated rings. The zero-order valence-electron chi connectivity index (χ0n) is 21.6. The molecule has 0 spiro atoms. The molecule has 0 radical (unpaired) electrons. The standard InChI is InChI=1S/C30H29FN2O3S/c1-16-6-10-21(11-7-16)26-18(3)27-28-30(36-24(32-28)14-20-8-12-22(31)13-9-20)19(4)33(37-5)29(27)17(2)23(26)15-25(34)35/h6-13,19H,14-15H2,1-5H3,(H,34,35)/t19-/m1/s1. The molecule has 0 saturated heterocycles. The van der Waals surface area contributed by atoms with Crippen molar-refractivity contribution in [3.8, 4) is 22.4 Å². The van der Waals surface area contributed by atoms with Crippen molar-refractivity contribution in [2.75, 3.05) is 10.6 Å². The van der Waals surface area contributed by atoms with Crippen LogP contribution in [0.2, 0.25) is 0 Å². The van der Waals surface area contributed by atoms with E-state index in [1.165, 1.54) is 12.1 Å². The van der Waals surface area contributed by atoms with Crippen molar-refractivity contribution >= 4 is 23.6 Å². The zero-order chi connectivity index (χ0) is 26.4. The number of aromatic nitrogens is 1. The molecular weight excluding hydrogens is 487 g/mol. The first-order chi connectivity index (χ1) is 17.7. The summed E-state index contributed by atoms with van der Waals surface area (Å²) >= 11 is 1.59. The van der Waals surface area contributed by atoms with Gasteiger partial charge in [0.1, 0.15) is 11.5 Å². The first-order valence-corrected chi connectivity index (χ1v) is 13.4. The fourth-order valence-electron chi connectivity index (χ4n) is 5.34. The quantitative estimate of drug-likeness (QED) is 0.269. The Bertz CT molecular complexity index is 1490. The lowest BCUT2D eigenvalue weighted by molar-refractivity contribution is -0.136. The van der Waals surface area contributed by atoms with Gasteiger partial charge in [0.25, 0.3) is 0 Å². The van der Waals surface area contributed by atoms with E-state index in [0.29, 0.717) is 12.3 Å². The van der Waals surface area contributed by atoms with Crippen LogP contribution in [-0.2, 0) is 17.6 Å². The highest BCUT2D eigenvalue weighted by Gasteiger charge is 2.37. The van der Waals surface area contributed by atoms with Gasteiger partial charge in [-0.2, -0.15) is 0 Å². The number of carboxylic acid groups (broad SMARTS) is 1. The number of aliphatic carboxylic acids is 1. The molecule has 7 heteroatoms. The van der Waals surface area contributed by atoms with Gasteiger partial charge in [-0.05, 0) is 73.2 Å². The number of anilines is 1. The van der Waals surface area contributed by atoms with E-state index in [1.54, 1.807) is 24.1 Å². The summed E-state index contributed by atoms with van der Waals surface area (Å²) in [4.78, 5) is 16.9. The largest absolute Gasteiger partial charge is 0.481 e. The second-order valence-corrected chi connectivity index (χ2v) is 10.3. The van der Waals surface area contributed by atoms with Crippen LogP contribution in [0.3, 0.4) is 0 Å². The molecule has 2 heterocycles. The van der Waals surface area contributed by atoms with Gasteiger partial charge in [0.05, 0.1) is 18.2 Å². The highest BCUT2D eigenvalue weighted by Crippen LogP contribution is 2.53. The van der Waals surface area contributed by atoms with Gasteiger partial charge in [-0.3, -0.25) is 4.79 Å². The van der Waals surface area contributed by atoms with Gasteiger partial charge in [-0.1, -0.05) is 53.9 Å². The summed E-state index contributed by atoms with van der Waals surface area (Å²) in [7, 11) is 0. The van der Waals surface area contributed by atoms with Crippen molar-refractivity contribution in [1.82, 2.24) is 4.98 Å². The highest BCUT2D eigenvalue weighted by molar-refractivity contribution is 8.00. The molecule has 37 heavy (non-hydrogen) atoms. The molecule has 190 valence electrons. The van der Waals surface area contributed by atoms with Crippen LogP contribution in [0.4, 0.5) is 10.1 Å². The molecule has 0 aliphatic carbocycles. The van der Waals surface area contributed by atoms with Gasteiger partial charge in [0, 0.05) is 18.2 Å². The number of nitrogens with zero attached hydrogens (tertiary/aromatic N) is 2. The van der Waals surface area contributed by atoms with Crippen LogP contribution in [-0.4, -0.2) is 22.3 Å². The number of halogens is 1. The zero-order valence-corrected chi connectivity index (χ0v) is 22.4. The van der Waals surface area contributed by atoms with Crippen molar-refractivity contribution in [1.29, 1.82) is 0 Å². The fourth-order valence-corrected chi connectivity index (χ4v) is 6.16. The fraction of sp³-hybridized carbons (Fsp3) is 0.267. The van der Waals surface area contributed by atoms with E-state index in [2.05, 4.69) is 23.4 Å². The van der Waals surface area contributed by atoms with Crippen LogP contribution in [0, 0.1) is 26.6 Å². The van der Waals surface area contributed by atoms with Crippen molar-refractivity contribution in [2.45, 2.75) is 46.6 Å². The molecule has 5 nitrogen and oxygen atoms in total. The molecular formula is C30H29FN2O3S. The first kappa shape index (κ1) is 25.1. The third kappa shape index (κ3) is 4.42. The van der Waals surface area contributed by atoms with Gasteiger partial charge in [0.2, 0.25) is 0 Å². The lowest BCUT2D eigenvalue weighted by atomic mass is 9.82. The van der Waals surface area contributed by atoms with Crippen molar-refractivity contribution in [3.05, 3.63) is 93.8 Å². The normalized spacial score (nSPS) is 14.4. The second kappa shape index (κ2) is 9.71. The summed E-state index contributed by atoms with van der Waals surface area (Å²) in [6.07, 6.45) is 2.40. The average molecular weight is 517 g/mol. The summed E-state index contributed by atoms with van der Waals surface area (Å²) in [5, 5.41) is 9.83. The Morgan fingerprint density at radius 2 is 1.73 bits per heavy atom. The molecule has 1 N–H and O–H groups in total. The maximum Gasteiger partial charge on any atom is 0.307 e. The summed E-state index contributed by atoms with van der Waals surface area (Å²) in [5.41, 5.74) is 9.46. The SMILES string of the molecule is CSN1c2c(C)c(CC(=O)O)c(-c3ccc(C)cc3)c(C)c2-c2nc(Cc3ccc(F)cc3)oc2[C@H]1C. The van der Waals surface area contributed by atoms with E-state index in [4.69, 9.17) is 9.40 Å². The lowest BCUT2D eigenvalue weighted by Crippen LogP contribution is -2.25. The molecule has 0 bridgehead atoms. The van der Waals surface area contributed by atoms with Gasteiger partial charge in [-0.25, -0.2) is 9.37 Å². The van der Waals surface area contributed by atoms with Crippen LogP contribution in [0.1, 0.15) is 52.4 Å². The number of fused-ring (bicyclic) bond motifs is 3. The molecule has 1 aliphatic heterocycles. The Kier molecular flexibility index (Phi) is 6.58. The molecule has 1 aromatic heterocycles. The maximum absolute atomic E-state index is 13.4. The van der Waals surface area contributed by atoms with Crippen LogP contribution in [0.25, 0.3) is 22.4 Å². The summed E-state index contributed by atoms with van der Waals surface area (Å²) in [5.74, 6) is 0.211. The number of hydrogen-bond donors (Lipinski definition) is 1. The third-order valence-electron chi connectivity index (χ3n) is 7.12. The van der Waals surface area contributed by atoms with E-state index < -0.39 is 5.97 Å². The number of aryl methyl sites for hydroxylation is 1. The number of oxazole rings is 1. The number of carbonyl (C=O) groups is 1. The monoisotopic (exact) mass is 516 g/mol. The van der Waals surface area contributed by atoms with Crippen LogP contribution < -0.4 is 4.31 Å². The minimum Gasteiger partial charge on any atom is -0.481 e. The Hall–Kier alpha value is -3.58. The van der Waals surface area contributed by atoms with Crippen LogP contribution in [0.15, 0.2) is 52.9 Å². The maximum atomic E-state index is 13.4. The molecule has 0 amide bonds. The van der Waals surface area contributed by atoms with Crippen molar-refractivity contribution in [3.63, 3.8) is 0 Å². The minimum absolute atomic E-state index is 0.0682. The van der Waals surface area contributed by atoms with E-state index in [-0.39, 0.29) is 18.3 Å². The molecule has 1 aliphatic rings. The van der Waals surface area contributed by atoms with E-state index in [9.17, 15) is 14.3 Å². The Balaban J connectivity index is 1.76. The van der Waals surface area contributed by atoms with Crippen molar-refractivity contribution in [2.24, 2.45) is 0 Å².